The number of anilines is 2. The standard InChI is InChI=1S/C17H17FN2O2/c1-12-7-3-5-9-15(12)19-17(22)11-20(13(2)21)16-10-6-4-8-14(16)18/h3-10H,11H2,1-2H3,(H,19,22). The van der Waals surface area contributed by atoms with Crippen LogP contribution in [-0.4, -0.2) is 18.4 Å². The number of nitrogens with one attached hydrogen (secondary N) is 1. The molecule has 22 heavy (non-hydrogen) atoms. The van der Waals surface area contributed by atoms with Gasteiger partial charge in [0.05, 0.1) is 5.69 Å². The zero-order valence-corrected chi connectivity index (χ0v) is 12.5. The maximum atomic E-state index is 13.8. The average Bonchev–Trinajstić information content (AvgIpc) is 2.48. The number of amides is 2. The van der Waals surface area contributed by atoms with Gasteiger partial charge in [-0.25, -0.2) is 4.39 Å². The molecule has 0 heterocycles. The van der Waals surface area contributed by atoms with Crippen LogP contribution < -0.4 is 10.2 Å². The van der Waals surface area contributed by atoms with Gasteiger partial charge in [0.2, 0.25) is 11.8 Å². The Kier molecular flexibility index (Phi) is 4.88. The van der Waals surface area contributed by atoms with E-state index in [1.807, 2.05) is 25.1 Å². The summed E-state index contributed by atoms with van der Waals surface area (Å²) in [6, 6.07) is 13.2. The Bertz CT molecular complexity index is 701. The van der Waals surface area contributed by atoms with E-state index in [0.29, 0.717) is 5.69 Å². The quantitative estimate of drug-likeness (QED) is 0.943. The van der Waals surface area contributed by atoms with Gasteiger partial charge in [0.15, 0.2) is 0 Å². The second-order valence-electron chi connectivity index (χ2n) is 4.92. The van der Waals surface area contributed by atoms with Crippen molar-refractivity contribution in [2.24, 2.45) is 0 Å². The van der Waals surface area contributed by atoms with Crippen molar-refractivity contribution in [2.45, 2.75) is 13.8 Å². The summed E-state index contributed by atoms with van der Waals surface area (Å²) in [4.78, 5) is 25.0. The van der Waals surface area contributed by atoms with Gasteiger partial charge in [-0.15, -0.1) is 0 Å². The van der Waals surface area contributed by atoms with Crippen molar-refractivity contribution < 1.29 is 14.0 Å². The Morgan fingerprint density at radius 1 is 1.09 bits per heavy atom. The third-order valence-corrected chi connectivity index (χ3v) is 3.24. The lowest BCUT2D eigenvalue weighted by Gasteiger charge is -2.21. The molecule has 0 radical (unpaired) electrons. The lowest BCUT2D eigenvalue weighted by molar-refractivity contribution is -0.120. The second-order valence-corrected chi connectivity index (χ2v) is 4.92. The summed E-state index contributed by atoms with van der Waals surface area (Å²) in [7, 11) is 0. The minimum Gasteiger partial charge on any atom is -0.324 e. The van der Waals surface area contributed by atoms with Crippen molar-refractivity contribution in [1.82, 2.24) is 0 Å². The van der Waals surface area contributed by atoms with Gasteiger partial charge in [0.1, 0.15) is 12.4 Å². The van der Waals surface area contributed by atoms with Crippen LogP contribution in [0, 0.1) is 12.7 Å². The number of hydrogen-bond donors (Lipinski definition) is 1. The Labute approximate surface area is 128 Å². The van der Waals surface area contributed by atoms with E-state index in [1.54, 1.807) is 12.1 Å². The predicted molar refractivity (Wildman–Crippen MR) is 84.2 cm³/mol. The number of aryl methyl sites for hydroxylation is 1. The third kappa shape index (κ3) is 3.69. The number of benzene rings is 2. The van der Waals surface area contributed by atoms with E-state index in [9.17, 15) is 14.0 Å². The van der Waals surface area contributed by atoms with Gasteiger partial charge in [0.25, 0.3) is 0 Å². The van der Waals surface area contributed by atoms with E-state index >= 15 is 0 Å². The third-order valence-electron chi connectivity index (χ3n) is 3.24. The molecule has 0 fully saturated rings. The number of nitrogens with zero attached hydrogens (tertiary/aromatic N) is 1. The molecule has 0 aliphatic carbocycles. The first-order chi connectivity index (χ1) is 10.5. The van der Waals surface area contributed by atoms with Crippen LogP contribution in [0.25, 0.3) is 0 Å². The Hall–Kier alpha value is -2.69. The van der Waals surface area contributed by atoms with E-state index in [1.165, 1.54) is 25.1 Å². The summed E-state index contributed by atoms with van der Waals surface area (Å²) >= 11 is 0. The molecule has 0 aliphatic heterocycles. The van der Waals surface area contributed by atoms with Gasteiger partial charge in [0, 0.05) is 12.6 Å². The van der Waals surface area contributed by atoms with Crippen LogP contribution in [0.2, 0.25) is 0 Å². The van der Waals surface area contributed by atoms with Gasteiger partial charge in [-0.2, -0.15) is 0 Å². The largest absolute Gasteiger partial charge is 0.324 e. The molecule has 0 aliphatic rings. The van der Waals surface area contributed by atoms with Crippen LogP contribution in [0.5, 0.6) is 0 Å². The molecule has 2 amide bonds. The monoisotopic (exact) mass is 300 g/mol. The molecule has 0 saturated heterocycles. The normalized spacial score (nSPS) is 10.1. The van der Waals surface area contributed by atoms with E-state index in [-0.39, 0.29) is 18.1 Å². The maximum absolute atomic E-state index is 13.8. The first-order valence-corrected chi connectivity index (χ1v) is 6.87. The van der Waals surface area contributed by atoms with E-state index in [0.717, 1.165) is 10.5 Å². The highest BCUT2D eigenvalue weighted by Crippen LogP contribution is 2.19. The Morgan fingerprint density at radius 3 is 2.36 bits per heavy atom. The summed E-state index contributed by atoms with van der Waals surface area (Å²) in [5.41, 5.74) is 1.68. The highest BCUT2D eigenvalue weighted by Gasteiger charge is 2.19. The highest BCUT2D eigenvalue weighted by atomic mass is 19.1. The average molecular weight is 300 g/mol. The number of carbonyl (C=O) groups excluding carboxylic acids is 2. The molecule has 5 heteroatoms. The molecule has 0 aromatic heterocycles. The molecular weight excluding hydrogens is 283 g/mol. The lowest BCUT2D eigenvalue weighted by atomic mass is 10.2. The van der Waals surface area contributed by atoms with Crippen LogP contribution in [-0.2, 0) is 9.59 Å². The smallest absolute Gasteiger partial charge is 0.244 e. The van der Waals surface area contributed by atoms with Gasteiger partial charge in [-0.1, -0.05) is 30.3 Å². The summed E-state index contributed by atoms with van der Waals surface area (Å²) in [6.45, 7) is 2.92. The summed E-state index contributed by atoms with van der Waals surface area (Å²) in [5.74, 6) is -1.32. The predicted octanol–water partition coefficient (Wildman–Crippen LogP) is 3.13. The molecule has 0 atom stereocenters. The minimum absolute atomic E-state index is 0.0925. The fourth-order valence-corrected chi connectivity index (χ4v) is 2.08. The Balaban J connectivity index is 2.15. The van der Waals surface area contributed by atoms with Gasteiger partial charge in [-0.3, -0.25) is 9.59 Å². The van der Waals surface area contributed by atoms with Gasteiger partial charge >= 0.3 is 0 Å². The number of rotatable bonds is 4. The van der Waals surface area contributed by atoms with Crippen molar-refractivity contribution in [3.63, 3.8) is 0 Å². The molecule has 2 rings (SSSR count). The Morgan fingerprint density at radius 2 is 1.73 bits per heavy atom. The number of para-hydroxylation sites is 2. The molecular formula is C17H17FN2O2. The van der Waals surface area contributed by atoms with Crippen molar-refractivity contribution in [3.8, 4) is 0 Å². The number of carbonyl (C=O) groups is 2. The SMILES string of the molecule is CC(=O)N(CC(=O)Nc1ccccc1C)c1ccccc1F. The summed E-state index contributed by atoms with van der Waals surface area (Å²) < 4.78 is 13.8. The zero-order chi connectivity index (χ0) is 16.1. The summed E-state index contributed by atoms with van der Waals surface area (Å²) in [5, 5.41) is 2.73. The van der Waals surface area contributed by atoms with E-state index in [2.05, 4.69) is 5.32 Å². The first kappa shape index (κ1) is 15.7. The molecule has 0 bridgehead atoms. The minimum atomic E-state index is -0.540. The van der Waals surface area contributed by atoms with Gasteiger partial charge in [-0.05, 0) is 30.7 Å². The fourth-order valence-electron chi connectivity index (χ4n) is 2.08. The number of hydrogen-bond acceptors (Lipinski definition) is 2. The fraction of sp³-hybridized carbons (Fsp3) is 0.176. The van der Waals surface area contributed by atoms with Crippen LogP contribution in [0.3, 0.4) is 0 Å². The summed E-state index contributed by atoms with van der Waals surface area (Å²) in [6.07, 6.45) is 0. The molecule has 114 valence electrons. The van der Waals surface area contributed by atoms with Crippen LogP contribution in [0.4, 0.5) is 15.8 Å². The molecule has 2 aromatic carbocycles. The topological polar surface area (TPSA) is 49.4 Å². The second kappa shape index (κ2) is 6.85. The van der Waals surface area contributed by atoms with Crippen molar-refractivity contribution in [2.75, 3.05) is 16.8 Å². The first-order valence-electron chi connectivity index (χ1n) is 6.87. The van der Waals surface area contributed by atoms with Crippen LogP contribution in [0.1, 0.15) is 12.5 Å². The van der Waals surface area contributed by atoms with Crippen LogP contribution in [0.15, 0.2) is 48.5 Å². The number of halogens is 1. The highest BCUT2D eigenvalue weighted by molar-refractivity contribution is 6.02. The molecule has 0 saturated carbocycles. The molecule has 2 aromatic rings. The van der Waals surface area contributed by atoms with Crippen molar-refractivity contribution in [3.05, 3.63) is 59.9 Å². The molecule has 4 nitrogen and oxygen atoms in total. The van der Waals surface area contributed by atoms with Crippen molar-refractivity contribution >= 4 is 23.2 Å². The molecule has 0 unspecified atom stereocenters. The van der Waals surface area contributed by atoms with Crippen molar-refractivity contribution in [1.29, 1.82) is 0 Å². The van der Waals surface area contributed by atoms with E-state index < -0.39 is 11.7 Å². The maximum Gasteiger partial charge on any atom is 0.244 e. The van der Waals surface area contributed by atoms with E-state index in [4.69, 9.17) is 0 Å². The molecule has 0 spiro atoms. The lowest BCUT2D eigenvalue weighted by Crippen LogP contribution is -2.37. The molecule has 1 N–H and O–H groups in total. The zero-order valence-electron chi connectivity index (χ0n) is 12.5. The van der Waals surface area contributed by atoms with Gasteiger partial charge < -0.3 is 10.2 Å². The van der Waals surface area contributed by atoms with Crippen LogP contribution >= 0.6 is 0 Å².